The minimum Gasteiger partial charge on any atom is -0.479 e. The minimum absolute atomic E-state index is 0.0305. The molecule has 4 N–H and O–H groups in total. The van der Waals surface area contributed by atoms with Crippen molar-refractivity contribution in [1.29, 1.82) is 0 Å². The number of nitrogens with zero attached hydrogens (tertiary/aromatic N) is 2. The first-order chi connectivity index (χ1) is 22.0. The molecule has 242 valence electrons. The molecule has 0 bridgehead atoms. The van der Waals surface area contributed by atoms with Gasteiger partial charge in [0.25, 0.3) is 0 Å². The number of nitrogens with one attached hydrogen (secondary N) is 3. The van der Waals surface area contributed by atoms with Gasteiger partial charge in [0.05, 0.1) is 18.4 Å². The van der Waals surface area contributed by atoms with Gasteiger partial charge in [0.15, 0.2) is 24.0 Å². The summed E-state index contributed by atoms with van der Waals surface area (Å²) in [5.74, 6) is -1.11. The predicted molar refractivity (Wildman–Crippen MR) is 186 cm³/mol. The Balaban J connectivity index is 1.24. The number of aromatic nitrogens is 3. The average molecular weight is 678 g/mol. The average Bonchev–Trinajstić information content (AvgIpc) is 3.34. The first kappa shape index (κ1) is 33.5. The van der Waals surface area contributed by atoms with Gasteiger partial charge in [0.1, 0.15) is 0 Å². The zero-order chi connectivity index (χ0) is 32.8. The zero-order valence-electron chi connectivity index (χ0n) is 26.1. The molecule has 0 saturated carbocycles. The highest BCUT2D eigenvalue weighted by molar-refractivity contribution is 7.72. The number of carbonyl (C=O) groups is 2. The van der Waals surface area contributed by atoms with Gasteiger partial charge in [-0.3, -0.25) is 19.6 Å². The number of H-pyrrole nitrogens is 2. The molecule has 5 rings (SSSR count). The smallest absolute Gasteiger partial charge is 0.337 e. The summed E-state index contributed by atoms with van der Waals surface area (Å²) >= 11 is 10.5. The van der Waals surface area contributed by atoms with Crippen molar-refractivity contribution >= 4 is 56.0 Å². The second kappa shape index (κ2) is 14.7. The van der Waals surface area contributed by atoms with Crippen LogP contribution in [0.2, 0.25) is 19.6 Å². The second-order valence-corrected chi connectivity index (χ2v) is 17.5. The van der Waals surface area contributed by atoms with Crippen LogP contribution in [-0.4, -0.2) is 59.3 Å². The van der Waals surface area contributed by atoms with Gasteiger partial charge in [-0.2, -0.15) is 0 Å². The number of amides is 1. The number of aliphatic carboxylic acids is 1. The third kappa shape index (κ3) is 8.68. The summed E-state index contributed by atoms with van der Waals surface area (Å²) in [4.78, 5) is 27.3. The molecule has 3 aromatic carbocycles. The largest absolute Gasteiger partial charge is 0.479 e. The Morgan fingerprint density at radius 2 is 1.72 bits per heavy atom. The lowest BCUT2D eigenvalue weighted by atomic mass is 9.95. The maximum Gasteiger partial charge on any atom is 0.337 e. The fourth-order valence-electron chi connectivity index (χ4n) is 5.64. The summed E-state index contributed by atoms with van der Waals surface area (Å²) < 4.78 is 15.0. The van der Waals surface area contributed by atoms with Crippen molar-refractivity contribution in [3.63, 3.8) is 0 Å². The highest BCUT2D eigenvalue weighted by atomic mass is 32.1. The van der Waals surface area contributed by atoms with Crippen LogP contribution in [0.3, 0.4) is 0 Å². The van der Waals surface area contributed by atoms with E-state index in [9.17, 15) is 14.7 Å². The molecule has 4 aromatic rings. The van der Waals surface area contributed by atoms with Gasteiger partial charge in [-0.15, -0.1) is 0 Å². The Labute approximate surface area is 279 Å². The van der Waals surface area contributed by atoms with Crippen LogP contribution in [-0.2, 0) is 31.8 Å². The highest BCUT2D eigenvalue weighted by Gasteiger charge is 2.30. The molecule has 0 aliphatic carbocycles. The van der Waals surface area contributed by atoms with Crippen molar-refractivity contribution in [3.05, 3.63) is 99.0 Å². The van der Waals surface area contributed by atoms with Gasteiger partial charge in [-0.25, -0.2) is 4.79 Å². The number of carboxylic acid groups (broad SMARTS) is 1. The molecule has 13 heteroatoms. The van der Waals surface area contributed by atoms with Gasteiger partial charge < -0.3 is 24.5 Å². The first-order valence-electron chi connectivity index (χ1n) is 15.2. The number of ether oxygens (including phenoxy) is 1. The lowest BCUT2D eigenvalue weighted by molar-refractivity contribution is -0.151. The van der Waals surface area contributed by atoms with Gasteiger partial charge in [0, 0.05) is 37.3 Å². The lowest BCUT2D eigenvalue weighted by Crippen LogP contribution is -2.45. The molecule has 0 spiro atoms. The van der Waals surface area contributed by atoms with Crippen LogP contribution in [0.15, 0.2) is 72.8 Å². The number of aromatic amines is 2. The van der Waals surface area contributed by atoms with Crippen molar-refractivity contribution < 1.29 is 23.9 Å². The molecule has 10 nitrogen and oxygen atoms in total. The molecule has 0 fully saturated rings. The van der Waals surface area contributed by atoms with E-state index >= 15 is 0 Å². The topological polar surface area (TPSA) is 125 Å². The van der Waals surface area contributed by atoms with Crippen LogP contribution >= 0.6 is 24.4 Å². The number of anilines is 2. The van der Waals surface area contributed by atoms with Crippen LogP contribution in [0.25, 0.3) is 5.69 Å². The molecule has 2 heterocycles. The van der Waals surface area contributed by atoms with Crippen LogP contribution in [0.4, 0.5) is 11.4 Å². The standard InChI is InChI=1S/C33H39N5O5S2Si/c1-46(2,3)43-27-19-24-18-23(30(31(40)41)42-21-22-8-5-4-6-9-22)11-16-28(24)37(20-27)17-7-10-29(39)34-25-12-14-26(15-13-25)38-32(44)35-36-33(38)45/h4-6,8-9,11-16,18,27,30H,7,10,17,19-21H2,1-3H3,(H,34,39)(H,35,44)(H,36,45)(H,40,41). The van der Waals surface area contributed by atoms with Gasteiger partial charge >= 0.3 is 5.97 Å². The Hall–Kier alpha value is -3.88. The number of hydrogen-bond acceptors (Lipinski definition) is 7. The Morgan fingerprint density at radius 3 is 2.37 bits per heavy atom. The van der Waals surface area contributed by atoms with Crippen LogP contribution in [0.5, 0.6) is 0 Å². The Morgan fingerprint density at radius 1 is 1.02 bits per heavy atom. The molecule has 1 aliphatic rings. The van der Waals surface area contributed by atoms with E-state index in [1.54, 1.807) is 4.57 Å². The van der Waals surface area contributed by atoms with Crippen LogP contribution in [0.1, 0.15) is 35.6 Å². The minimum atomic E-state index is -1.85. The summed E-state index contributed by atoms with van der Waals surface area (Å²) in [6, 6.07) is 22.6. The Kier molecular flexibility index (Phi) is 10.7. The molecule has 1 amide bonds. The van der Waals surface area contributed by atoms with Crippen LogP contribution < -0.4 is 10.2 Å². The van der Waals surface area contributed by atoms with E-state index in [0.717, 1.165) is 22.5 Å². The molecule has 2 unspecified atom stereocenters. The molecule has 46 heavy (non-hydrogen) atoms. The zero-order valence-corrected chi connectivity index (χ0v) is 28.7. The molecular formula is C33H39N5O5S2Si. The van der Waals surface area contributed by atoms with E-state index < -0.39 is 20.4 Å². The fourth-order valence-corrected chi connectivity index (χ4v) is 7.35. The number of carboxylic acids is 1. The number of rotatable bonds is 13. The van der Waals surface area contributed by atoms with Crippen molar-refractivity contribution in [2.75, 3.05) is 23.3 Å². The first-order valence-corrected chi connectivity index (χ1v) is 19.4. The van der Waals surface area contributed by atoms with Crippen molar-refractivity contribution in [1.82, 2.24) is 14.8 Å². The molecule has 2 atom stereocenters. The summed E-state index contributed by atoms with van der Waals surface area (Å²) in [6.45, 7) is 8.06. The van der Waals surface area contributed by atoms with Gasteiger partial charge in [0.2, 0.25) is 5.91 Å². The number of benzene rings is 3. The molecule has 0 radical (unpaired) electrons. The van der Waals surface area contributed by atoms with E-state index in [-0.39, 0.29) is 18.6 Å². The number of hydrogen-bond donors (Lipinski definition) is 4. The summed E-state index contributed by atoms with van der Waals surface area (Å²) in [5, 5.41) is 18.6. The van der Waals surface area contributed by atoms with Crippen molar-refractivity contribution in [3.8, 4) is 5.69 Å². The highest BCUT2D eigenvalue weighted by Crippen LogP contribution is 2.33. The van der Waals surface area contributed by atoms with E-state index in [1.807, 2.05) is 72.8 Å². The van der Waals surface area contributed by atoms with E-state index in [2.05, 4.69) is 40.1 Å². The maximum absolute atomic E-state index is 12.9. The van der Waals surface area contributed by atoms with E-state index in [0.29, 0.717) is 53.1 Å². The normalized spacial score (nSPS) is 15.3. The molecule has 0 saturated heterocycles. The monoisotopic (exact) mass is 677 g/mol. The molecule has 1 aliphatic heterocycles. The SMILES string of the molecule is C[Si](C)(C)OC1Cc2cc(C(OCc3ccccc3)C(=O)O)ccc2N(CCCC(=O)Nc2ccc(-n3c(=S)[nH][nH]c3=S)cc2)C1. The fraction of sp³-hybridized carbons (Fsp3) is 0.333. The van der Waals surface area contributed by atoms with Crippen molar-refractivity contribution in [2.24, 2.45) is 0 Å². The van der Waals surface area contributed by atoms with Crippen LogP contribution in [0, 0.1) is 9.54 Å². The van der Waals surface area contributed by atoms with E-state index in [1.165, 1.54) is 0 Å². The maximum atomic E-state index is 12.9. The summed E-state index contributed by atoms with van der Waals surface area (Å²) in [5.41, 5.74) is 5.05. The predicted octanol–water partition coefficient (Wildman–Crippen LogP) is 6.94. The second-order valence-electron chi connectivity index (χ2n) is 12.3. The third-order valence-electron chi connectivity index (χ3n) is 7.55. The summed E-state index contributed by atoms with van der Waals surface area (Å²) in [6.07, 6.45) is 0.540. The quantitative estimate of drug-likeness (QED) is 0.0887. The lowest BCUT2D eigenvalue weighted by Gasteiger charge is -2.39. The summed E-state index contributed by atoms with van der Waals surface area (Å²) in [7, 11) is -1.85. The third-order valence-corrected chi connectivity index (χ3v) is 9.16. The van der Waals surface area contributed by atoms with Gasteiger partial charge in [-0.1, -0.05) is 42.5 Å². The molecule has 1 aromatic heterocycles. The van der Waals surface area contributed by atoms with Crippen molar-refractivity contribution in [2.45, 2.75) is 57.7 Å². The number of carbonyl (C=O) groups excluding carboxylic acids is 1. The van der Waals surface area contributed by atoms with Gasteiger partial charge in [-0.05, 0) is 97.5 Å². The Bertz CT molecular complexity index is 1760. The van der Waals surface area contributed by atoms with E-state index in [4.69, 9.17) is 33.6 Å². The molecular weight excluding hydrogens is 639 g/mol. The number of fused-ring (bicyclic) bond motifs is 1.